The molecule has 0 unspecified atom stereocenters. The molecule has 0 aromatic carbocycles. The Hall–Kier alpha value is -0.843. The molecule has 0 aliphatic carbocycles. The molecule has 21 heavy (non-hydrogen) atoms. The second kappa shape index (κ2) is 7.43. The van der Waals surface area contributed by atoms with Crippen molar-refractivity contribution in [2.24, 2.45) is 10.9 Å². The zero-order valence-electron chi connectivity index (χ0n) is 13.2. The van der Waals surface area contributed by atoms with Crippen molar-refractivity contribution in [3.63, 3.8) is 0 Å². The minimum absolute atomic E-state index is 0.0157. The van der Waals surface area contributed by atoms with E-state index in [0.717, 1.165) is 0 Å². The monoisotopic (exact) mass is 331 g/mol. The molecule has 0 aromatic heterocycles. The van der Waals surface area contributed by atoms with Crippen molar-refractivity contribution in [1.82, 2.24) is 5.48 Å². The molecule has 0 aliphatic heterocycles. The molecular formula is C11H24F3N3O3Si. The van der Waals surface area contributed by atoms with Crippen LogP contribution < -0.4 is 11.2 Å². The number of hydroxylamine groups is 1. The summed E-state index contributed by atoms with van der Waals surface area (Å²) in [5, 5.41) is 2.82. The Kier molecular flexibility index (Phi) is 7.13. The van der Waals surface area contributed by atoms with Crippen LogP contribution in [0.1, 0.15) is 20.8 Å². The van der Waals surface area contributed by atoms with E-state index < -0.39 is 26.6 Å². The lowest BCUT2D eigenvalue weighted by molar-refractivity contribution is -0.326. The average Bonchev–Trinajstić information content (AvgIpc) is 2.29. The summed E-state index contributed by atoms with van der Waals surface area (Å²) in [6.07, 6.45) is -4.90. The van der Waals surface area contributed by atoms with Gasteiger partial charge in [-0.05, 0) is 23.3 Å². The second-order valence-electron chi connectivity index (χ2n) is 5.95. The summed E-state index contributed by atoms with van der Waals surface area (Å²) >= 11 is 0. The number of halogens is 3. The van der Waals surface area contributed by atoms with Gasteiger partial charge in [0.2, 0.25) is 0 Å². The van der Waals surface area contributed by atoms with Crippen molar-refractivity contribution in [3.05, 3.63) is 0 Å². The Morgan fingerprint density at radius 2 is 1.81 bits per heavy atom. The van der Waals surface area contributed by atoms with Gasteiger partial charge in [-0.2, -0.15) is 5.48 Å². The largest absolute Gasteiger partial charge is 0.593 e. The molecule has 3 N–H and O–H groups in total. The predicted octanol–water partition coefficient (Wildman–Crippen LogP) is 2.34. The zero-order chi connectivity index (χ0) is 16.9. The molecule has 0 saturated heterocycles. The number of nitrogens with one attached hydrogen (secondary N) is 1. The van der Waals surface area contributed by atoms with Gasteiger partial charge >= 0.3 is 6.36 Å². The van der Waals surface area contributed by atoms with Gasteiger partial charge in [-0.3, -0.25) is 4.84 Å². The maximum atomic E-state index is 12.0. The topological polar surface area (TPSA) is 78.1 Å². The van der Waals surface area contributed by atoms with E-state index in [1.54, 1.807) is 0 Å². The van der Waals surface area contributed by atoms with Crippen LogP contribution in [0.25, 0.3) is 0 Å². The van der Waals surface area contributed by atoms with E-state index in [-0.39, 0.29) is 11.6 Å². The van der Waals surface area contributed by atoms with Crippen LogP contribution in [0.15, 0.2) is 5.16 Å². The lowest BCUT2D eigenvalue weighted by Gasteiger charge is -2.36. The molecule has 0 rings (SSSR count). The molecule has 0 amide bonds. The first kappa shape index (κ1) is 20.2. The molecule has 126 valence electrons. The van der Waals surface area contributed by atoms with E-state index >= 15 is 0 Å². The van der Waals surface area contributed by atoms with Crippen LogP contribution in [0.3, 0.4) is 0 Å². The molecular weight excluding hydrogens is 307 g/mol. The van der Waals surface area contributed by atoms with Crippen LogP contribution in [-0.2, 0) is 14.1 Å². The van der Waals surface area contributed by atoms with Crippen LogP contribution in [0, 0.1) is 0 Å². The molecule has 0 fully saturated rings. The second-order valence-corrected chi connectivity index (χ2v) is 10.8. The highest BCUT2D eigenvalue weighted by atomic mass is 28.4. The van der Waals surface area contributed by atoms with E-state index in [1.807, 2.05) is 33.9 Å². The van der Waals surface area contributed by atoms with Crippen molar-refractivity contribution in [2.45, 2.75) is 51.3 Å². The smallest absolute Gasteiger partial charge is 0.415 e. The van der Waals surface area contributed by atoms with E-state index in [9.17, 15) is 13.2 Å². The van der Waals surface area contributed by atoms with Crippen molar-refractivity contribution in [1.29, 1.82) is 0 Å². The van der Waals surface area contributed by atoms with Crippen molar-refractivity contribution in [3.8, 4) is 0 Å². The Balaban J connectivity index is 4.74. The Bertz CT molecular complexity index is 357. The predicted molar refractivity (Wildman–Crippen MR) is 75.8 cm³/mol. The number of nitrogens with two attached hydrogens (primary N) is 1. The summed E-state index contributed by atoms with van der Waals surface area (Å²) in [6.45, 7) is 10.1. The molecule has 0 spiro atoms. The SMILES string of the molecule is CNO/C(=N\OC(F)(F)F)[C@@H](N)CO[Si](C)(C)C(C)(C)C. The minimum Gasteiger partial charge on any atom is -0.415 e. The maximum absolute atomic E-state index is 12.0. The Morgan fingerprint density at radius 1 is 1.29 bits per heavy atom. The lowest BCUT2D eigenvalue weighted by atomic mass is 10.2. The number of rotatable bonds is 6. The lowest BCUT2D eigenvalue weighted by Crippen LogP contribution is -2.47. The van der Waals surface area contributed by atoms with Gasteiger partial charge in [0.1, 0.15) is 6.04 Å². The molecule has 0 radical (unpaired) electrons. The number of hydrogen-bond donors (Lipinski definition) is 2. The molecule has 0 heterocycles. The van der Waals surface area contributed by atoms with Gasteiger partial charge < -0.3 is 15.0 Å². The third-order valence-electron chi connectivity index (χ3n) is 3.19. The fourth-order valence-electron chi connectivity index (χ4n) is 0.949. The minimum atomic E-state index is -4.90. The van der Waals surface area contributed by atoms with Gasteiger partial charge in [-0.25, -0.2) is 0 Å². The number of hydrogen-bond acceptors (Lipinski definition) is 6. The van der Waals surface area contributed by atoms with Gasteiger partial charge in [0, 0.05) is 7.05 Å². The van der Waals surface area contributed by atoms with E-state index in [0.29, 0.717) is 0 Å². The van der Waals surface area contributed by atoms with Gasteiger partial charge in [0.05, 0.1) is 6.61 Å². The molecule has 6 nitrogen and oxygen atoms in total. The summed E-state index contributed by atoms with van der Waals surface area (Å²) in [6, 6.07) is -0.978. The first-order valence-electron chi connectivity index (χ1n) is 6.36. The summed E-state index contributed by atoms with van der Waals surface area (Å²) < 4.78 is 41.7. The van der Waals surface area contributed by atoms with E-state index in [1.165, 1.54) is 7.05 Å². The molecule has 10 heteroatoms. The third-order valence-corrected chi connectivity index (χ3v) is 7.69. The molecule has 0 aliphatic rings. The van der Waals surface area contributed by atoms with Crippen LogP contribution in [0.4, 0.5) is 13.2 Å². The van der Waals surface area contributed by atoms with Gasteiger partial charge in [-0.1, -0.05) is 20.8 Å². The first-order chi connectivity index (χ1) is 9.30. The molecule has 0 bridgehead atoms. The zero-order valence-corrected chi connectivity index (χ0v) is 14.2. The van der Waals surface area contributed by atoms with Crippen LogP contribution in [0.2, 0.25) is 18.1 Å². The highest BCUT2D eigenvalue weighted by Crippen LogP contribution is 2.36. The van der Waals surface area contributed by atoms with E-state index in [4.69, 9.17) is 15.0 Å². The summed E-state index contributed by atoms with van der Waals surface area (Å²) in [4.78, 5) is 8.10. The highest BCUT2D eigenvalue weighted by Gasteiger charge is 2.38. The van der Waals surface area contributed by atoms with Gasteiger partial charge in [0.25, 0.3) is 5.90 Å². The van der Waals surface area contributed by atoms with Crippen LogP contribution in [0.5, 0.6) is 0 Å². The number of nitrogens with zero attached hydrogens (tertiary/aromatic N) is 1. The fraction of sp³-hybridized carbons (Fsp3) is 0.909. The molecule has 1 atom stereocenters. The first-order valence-corrected chi connectivity index (χ1v) is 9.27. The molecule has 0 aromatic rings. The summed E-state index contributed by atoms with van der Waals surface area (Å²) in [5.74, 6) is -0.437. The quantitative estimate of drug-likeness (QED) is 0.338. The van der Waals surface area contributed by atoms with Crippen molar-refractivity contribution < 1.29 is 27.3 Å². The standard InChI is InChI=1S/C11H24F3N3O3Si/c1-10(2,3)21(5,6)18-7-8(15)9(19-16-4)17-20-11(12,13)14/h8,16H,7,15H2,1-6H3/b17-9-/t8-/m0/s1. The van der Waals surface area contributed by atoms with Gasteiger partial charge in [0.15, 0.2) is 8.32 Å². The third kappa shape index (κ3) is 7.65. The Labute approximate surface area is 123 Å². The fourth-order valence-corrected chi connectivity index (χ4v) is 1.98. The van der Waals surface area contributed by atoms with E-state index in [2.05, 4.69) is 15.5 Å². The number of oxime groups is 1. The summed E-state index contributed by atoms with van der Waals surface area (Å²) in [7, 11) is -0.704. The number of alkyl halides is 3. The maximum Gasteiger partial charge on any atom is 0.593 e. The Morgan fingerprint density at radius 3 is 2.19 bits per heavy atom. The van der Waals surface area contributed by atoms with Crippen LogP contribution in [-0.4, -0.2) is 40.3 Å². The van der Waals surface area contributed by atoms with Crippen molar-refractivity contribution >= 4 is 14.2 Å². The summed E-state index contributed by atoms with van der Waals surface area (Å²) in [5.41, 5.74) is 7.95. The average molecular weight is 331 g/mol. The molecule has 0 saturated carbocycles. The van der Waals surface area contributed by atoms with Gasteiger partial charge in [-0.15, -0.1) is 13.2 Å². The van der Waals surface area contributed by atoms with Crippen LogP contribution >= 0.6 is 0 Å². The van der Waals surface area contributed by atoms with Crippen molar-refractivity contribution in [2.75, 3.05) is 13.7 Å². The normalized spacial score (nSPS) is 15.8. The highest BCUT2D eigenvalue weighted by molar-refractivity contribution is 6.74.